The van der Waals surface area contributed by atoms with Crippen molar-refractivity contribution in [2.45, 2.75) is 32.1 Å². The van der Waals surface area contributed by atoms with E-state index in [-0.39, 0.29) is 29.6 Å². The van der Waals surface area contributed by atoms with E-state index in [9.17, 15) is 14.4 Å². The molecule has 5 nitrogen and oxygen atoms in total. The van der Waals surface area contributed by atoms with Crippen LogP contribution in [0.15, 0.2) is 24.3 Å². The van der Waals surface area contributed by atoms with Crippen LogP contribution in [0.2, 0.25) is 0 Å². The molecule has 2 fully saturated rings. The number of amides is 2. The van der Waals surface area contributed by atoms with Gasteiger partial charge in [-0.05, 0) is 43.9 Å². The first kappa shape index (κ1) is 15.7. The number of hydrogen-bond donors (Lipinski definition) is 2. The third kappa shape index (κ3) is 3.28. The van der Waals surface area contributed by atoms with E-state index in [1.54, 1.807) is 31.3 Å². The topological polar surface area (TPSA) is 75.3 Å². The van der Waals surface area contributed by atoms with Gasteiger partial charge in [-0.2, -0.15) is 0 Å². The van der Waals surface area contributed by atoms with Crippen molar-refractivity contribution < 1.29 is 14.4 Å². The van der Waals surface area contributed by atoms with Crippen molar-refractivity contribution in [2.24, 2.45) is 17.8 Å². The van der Waals surface area contributed by atoms with E-state index in [0.717, 1.165) is 19.3 Å². The number of carbonyl (C=O) groups is 3. The summed E-state index contributed by atoms with van der Waals surface area (Å²) in [6, 6.07) is 6.90. The number of anilines is 1. The molecule has 2 aliphatic carbocycles. The van der Waals surface area contributed by atoms with Crippen LogP contribution in [0.4, 0.5) is 5.69 Å². The zero-order chi connectivity index (χ0) is 16.4. The van der Waals surface area contributed by atoms with Gasteiger partial charge in [0.2, 0.25) is 5.91 Å². The predicted molar refractivity (Wildman–Crippen MR) is 87.0 cm³/mol. The first-order valence-electron chi connectivity index (χ1n) is 8.25. The third-order valence-corrected chi connectivity index (χ3v) is 5.04. The fraction of sp³-hybridized carbons (Fsp3) is 0.500. The molecule has 2 N–H and O–H groups in total. The molecule has 5 heteroatoms. The Balaban J connectivity index is 1.68. The van der Waals surface area contributed by atoms with E-state index >= 15 is 0 Å². The van der Waals surface area contributed by atoms with E-state index in [2.05, 4.69) is 10.6 Å². The minimum Gasteiger partial charge on any atom is -0.355 e. The lowest BCUT2D eigenvalue weighted by Crippen LogP contribution is -2.40. The maximum absolute atomic E-state index is 12.5. The van der Waals surface area contributed by atoms with E-state index in [0.29, 0.717) is 29.9 Å². The molecule has 0 spiro atoms. The molecule has 2 amide bonds. The lowest BCUT2D eigenvalue weighted by Gasteiger charge is -2.36. The van der Waals surface area contributed by atoms with Crippen molar-refractivity contribution in [3.63, 3.8) is 0 Å². The molecular formula is C18H22N2O3. The van der Waals surface area contributed by atoms with Gasteiger partial charge in [0.15, 0.2) is 0 Å². The summed E-state index contributed by atoms with van der Waals surface area (Å²) in [5, 5.41) is 5.47. The highest BCUT2D eigenvalue weighted by atomic mass is 16.2. The van der Waals surface area contributed by atoms with Crippen LogP contribution in [0.25, 0.3) is 0 Å². The van der Waals surface area contributed by atoms with Gasteiger partial charge in [0.05, 0.1) is 0 Å². The smallest absolute Gasteiger partial charge is 0.251 e. The van der Waals surface area contributed by atoms with E-state index in [4.69, 9.17) is 0 Å². The van der Waals surface area contributed by atoms with Gasteiger partial charge in [0, 0.05) is 36.1 Å². The monoisotopic (exact) mass is 314 g/mol. The highest BCUT2D eigenvalue weighted by Gasteiger charge is 2.41. The van der Waals surface area contributed by atoms with Gasteiger partial charge in [-0.1, -0.05) is 12.5 Å². The second kappa shape index (κ2) is 6.52. The van der Waals surface area contributed by atoms with Crippen molar-refractivity contribution in [1.29, 1.82) is 0 Å². The second-order valence-corrected chi connectivity index (χ2v) is 6.54. The van der Waals surface area contributed by atoms with Gasteiger partial charge >= 0.3 is 0 Å². The minimum absolute atomic E-state index is 0.0385. The number of benzene rings is 1. The zero-order valence-electron chi connectivity index (χ0n) is 13.3. The Morgan fingerprint density at radius 1 is 1.13 bits per heavy atom. The zero-order valence-corrected chi connectivity index (χ0v) is 13.3. The maximum atomic E-state index is 12.5. The molecule has 0 saturated heterocycles. The predicted octanol–water partition coefficient (Wildman–Crippen LogP) is 2.38. The highest BCUT2D eigenvalue weighted by molar-refractivity contribution is 5.98. The molecule has 0 heterocycles. The number of carbonyl (C=O) groups excluding carboxylic acids is 3. The summed E-state index contributed by atoms with van der Waals surface area (Å²) in [5.74, 6) is 0.168. The van der Waals surface area contributed by atoms with Crippen molar-refractivity contribution in [3.8, 4) is 0 Å². The van der Waals surface area contributed by atoms with Crippen LogP contribution in [0, 0.1) is 17.8 Å². The maximum Gasteiger partial charge on any atom is 0.251 e. The van der Waals surface area contributed by atoms with Crippen LogP contribution >= 0.6 is 0 Å². The summed E-state index contributed by atoms with van der Waals surface area (Å²) in [6.45, 7) is 0. The molecule has 122 valence electrons. The Labute approximate surface area is 135 Å². The second-order valence-electron chi connectivity index (χ2n) is 6.54. The molecule has 1 aromatic carbocycles. The minimum atomic E-state index is -0.182. The van der Waals surface area contributed by atoms with E-state index in [1.807, 2.05) is 0 Å². The van der Waals surface area contributed by atoms with Crippen LogP contribution in [0.3, 0.4) is 0 Å². The van der Waals surface area contributed by atoms with Gasteiger partial charge in [-0.3, -0.25) is 14.4 Å². The fourth-order valence-electron chi connectivity index (χ4n) is 3.82. The Kier molecular flexibility index (Phi) is 4.46. The van der Waals surface area contributed by atoms with Crippen LogP contribution in [0.1, 0.15) is 42.5 Å². The molecule has 2 aliphatic rings. The lowest BCUT2D eigenvalue weighted by molar-refractivity contribution is -0.136. The largest absolute Gasteiger partial charge is 0.355 e. The summed E-state index contributed by atoms with van der Waals surface area (Å²) in [5.41, 5.74) is 1.14. The van der Waals surface area contributed by atoms with E-state index in [1.165, 1.54) is 0 Å². The molecule has 1 aromatic rings. The summed E-state index contributed by atoms with van der Waals surface area (Å²) < 4.78 is 0. The first-order valence-corrected chi connectivity index (χ1v) is 8.25. The number of fused-ring (bicyclic) bond motifs is 2. The summed E-state index contributed by atoms with van der Waals surface area (Å²) in [4.78, 5) is 36.3. The number of ketones is 1. The Morgan fingerprint density at radius 2 is 1.83 bits per heavy atom. The van der Waals surface area contributed by atoms with Gasteiger partial charge in [-0.25, -0.2) is 0 Å². The number of hydrogen-bond acceptors (Lipinski definition) is 3. The SMILES string of the molecule is CNC(=O)c1cccc(NC(=O)C2CC3CCCC(C2)C3=O)c1. The molecule has 2 bridgehead atoms. The molecule has 3 rings (SSSR count). The van der Waals surface area contributed by atoms with Gasteiger partial charge in [0.25, 0.3) is 5.91 Å². The average Bonchev–Trinajstić information content (AvgIpc) is 2.54. The molecule has 2 unspecified atom stereocenters. The fourth-order valence-corrected chi connectivity index (χ4v) is 3.82. The van der Waals surface area contributed by atoms with Crippen LogP contribution in [0.5, 0.6) is 0 Å². The van der Waals surface area contributed by atoms with Crippen molar-refractivity contribution in [3.05, 3.63) is 29.8 Å². The van der Waals surface area contributed by atoms with Crippen molar-refractivity contribution >= 4 is 23.3 Å². The lowest BCUT2D eigenvalue weighted by atomic mass is 9.67. The summed E-state index contributed by atoms with van der Waals surface area (Å²) in [7, 11) is 1.57. The van der Waals surface area contributed by atoms with Gasteiger partial charge in [0.1, 0.15) is 5.78 Å². The summed E-state index contributed by atoms with van der Waals surface area (Å²) >= 11 is 0. The quantitative estimate of drug-likeness (QED) is 0.899. The van der Waals surface area contributed by atoms with Gasteiger partial charge in [-0.15, -0.1) is 0 Å². The third-order valence-electron chi connectivity index (χ3n) is 5.04. The molecule has 23 heavy (non-hydrogen) atoms. The number of nitrogens with one attached hydrogen (secondary N) is 2. The summed E-state index contributed by atoms with van der Waals surface area (Å²) in [6.07, 6.45) is 4.27. The molecular weight excluding hydrogens is 292 g/mol. The normalized spacial score (nSPS) is 26.5. The number of rotatable bonds is 3. The molecule has 2 saturated carbocycles. The molecule has 2 atom stereocenters. The Morgan fingerprint density at radius 3 is 2.48 bits per heavy atom. The standard InChI is InChI=1S/C18H22N2O3/c1-19-17(22)13-6-3-7-15(10-13)20-18(23)14-8-11-4-2-5-12(9-14)16(11)21/h3,6-7,10-12,14H,2,4-5,8-9H2,1H3,(H,19,22)(H,20,23). The van der Waals surface area contributed by atoms with E-state index < -0.39 is 0 Å². The molecule has 0 aromatic heterocycles. The van der Waals surface area contributed by atoms with Crippen molar-refractivity contribution in [2.75, 3.05) is 12.4 Å². The Bertz CT molecular complexity index is 625. The Hall–Kier alpha value is -2.17. The first-order chi connectivity index (χ1) is 11.1. The average molecular weight is 314 g/mol. The highest BCUT2D eigenvalue weighted by Crippen LogP contribution is 2.40. The molecule has 0 radical (unpaired) electrons. The van der Waals surface area contributed by atoms with Crippen LogP contribution in [-0.2, 0) is 9.59 Å². The van der Waals surface area contributed by atoms with Crippen LogP contribution in [-0.4, -0.2) is 24.6 Å². The number of Topliss-reactive ketones (excluding diaryl/α,β-unsaturated/α-hetero) is 1. The van der Waals surface area contributed by atoms with Gasteiger partial charge < -0.3 is 10.6 Å². The van der Waals surface area contributed by atoms with Crippen molar-refractivity contribution in [1.82, 2.24) is 5.32 Å². The molecule has 0 aliphatic heterocycles. The van der Waals surface area contributed by atoms with Crippen LogP contribution < -0.4 is 10.6 Å².